The van der Waals surface area contributed by atoms with Crippen LogP contribution in [0, 0.1) is 0 Å². The maximum absolute atomic E-state index is 12.3. The quantitative estimate of drug-likeness (QED) is 0.0679. The number of amides is 1. The van der Waals surface area contributed by atoms with E-state index in [0.29, 0.717) is 12.8 Å². The average molecular weight is 518 g/mol. The first kappa shape index (κ1) is 34.1. The molecule has 0 saturated heterocycles. The van der Waals surface area contributed by atoms with Gasteiger partial charge in [0.15, 0.2) is 0 Å². The Morgan fingerprint density at radius 2 is 1.20 bits per heavy atom. The van der Waals surface area contributed by atoms with E-state index in [1.165, 1.54) is 51.4 Å². The Bertz CT molecular complexity index is 621. The molecule has 35 heavy (non-hydrogen) atoms. The van der Waals surface area contributed by atoms with Crippen LogP contribution in [0.15, 0.2) is 12.2 Å². The number of unbranched alkanes of at least 4 members (excludes halogenated alkanes) is 15. The predicted octanol–water partition coefficient (Wildman–Crippen LogP) is 7.12. The maximum atomic E-state index is 12.3. The molecule has 7 heteroatoms. The van der Waals surface area contributed by atoms with Crippen molar-refractivity contribution in [2.75, 3.05) is 5.75 Å². The Hall–Kier alpha value is -0.920. The van der Waals surface area contributed by atoms with Gasteiger partial charge in [-0.3, -0.25) is 9.35 Å². The fourth-order valence-corrected chi connectivity index (χ4v) is 5.03. The molecule has 0 saturated carbocycles. The van der Waals surface area contributed by atoms with E-state index in [1.807, 2.05) is 0 Å². The van der Waals surface area contributed by atoms with E-state index in [1.54, 1.807) is 0 Å². The van der Waals surface area contributed by atoms with Gasteiger partial charge in [-0.2, -0.15) is 8.42 Å². The standard InChI is InChI=1S/C28H55NO5S/c1-3-5-7-9-10-11-12-13-14-15-16-17-18-20-22-24-28(31)29-26(25-35(32,33)34)27(30)23-21-19-8-6-4-2/h13-14,26-27,30H,3-12,15-25H2,1-2H3,(H,29,31)(H,32,33,34)/b14-13-. The van der Waals surface area contributed by atoms with Gasteiger partial charge in [-0.15, -0.1) is 0 Å². The van der Waals surface area contributed by atoms with Crippen molar-refractivity contribution in [3.05, 3.63) is 12.2 Å². The molecule has 0 rings (SSSR count). The minimum Gasteiger partial charge on any atom is -0.391 e. The summed E-state index contributed by atoms with van der Waals surface area (Å²) in [6, 6.07) is -0.966. The molecule has 0 aromatic carbocycles. The molecule has 208 valence electrons. The van der Waals surface area contributed by atoms with Gasteiger partial charge in [0.1, 0.15) is 0 Å². The van der Waals surface area contributed by atoms with Crippen LogP contribution < -0.4 is 5.32 Å². The monoisotopic (exact) mass is 517 g/mol. The zero-order valence-corrected chi connectivity index (χ0v) is 23.5. The number of hydrogen-bond donors (Lipinski definition) is 3. The van der Waals surface area contributed by atoms with Crippen LogP contribution in [0.25, 0.3) is 0 Å². The zero-order chi connectivity index (χ0) is 26.2. The molecule has 0 fully saturated rings. The molecule has 0 bridgehead atoms. The van der Waals surface area contributed by atoms with E-state index >= 15 is 0 Å². The van der Waals surface area contributed by atoms with Crippen molar-refractivity contribution in [2.24, 2.45) is 0 Å². The number of rotatable bonds is 25. The van der Waals surface area contributed by atoms with Crippen LogP contribution in [-0.2, 0) is 14.9 Å². The molecule has 0 aliphatic rings. The fourth-order valence-electron chi connectivity index (χ4n) is 4.27. The molecular formula is C28H55NO5S. The molecule has 1 amide bonds. The lowest BCUT2D eigenvalue weighted by atomic mass is 10.0. The van der Waals surface area contributed by atoms with Crippen LogP contribution in [0.5, 0.6) is 0 Å². The molecule has 2 atom stereocenters. The molecule has 6 nitrogen and oxygen atoms in total. The summed E-state index contributed by atoms with van der Waals surface area (Å²) in [6.07, 6.45) is 24.8. The van der Waals surface area contributed by atoms with Crippen molar-refractivity contribution < 1.29 is 22.9 Å². The molecule has 0 spiro atoms. The Labute approximate surface area is 216 Å². The van der Waals surface area contributed by atoms with Gasteiger partial charge >= 0.3 is 0 Å². The molecular weight excluding hydrogens is 462 g/mol. The number of aliphatic hydroxyl groups is 1. The third kappa shape index (κ3) is 24.5. The molecule has 0 aliphatic heterocycles. The van der Waals surface area contributed by atoms with Crippen LogP contribution in [0.4, 0.5) is 0 Å². The highest BCUT2D eigenvalue weighted by molar-refractivity contribution is 7.85. The molecule has 0 aromatic heterocycles. The first-order valence-electron chi connectivity index (χ1n) is 14.4. The van der Waals surface area contributed by atoms with E-state index in [9.17, 15) is 22.9 Å². The molecule has 0 radical (unpaired) electrons. The van der Waals surface area contributed by atoms with Crippen molar-refractivity contribution in [1.29, 1.82) is 0 Å². The van der Waals surface area contributed by atoms with Gasteiger partial charge in [-0.05, 0) is 38.5 Å². The maximum Gasteiger partial charge on any atom is 0.266 e. The van der Waals surface area contributed by atoms with Crippen LogP contribution >= 0.6 is 0 Å². The number of carbonyl (C=O) groups is 1. The SMILES string of the molecule is CCCCCCCC/C=C\CCCCCCCC(=O)NC(CS(=O)(=O)O)C(O)CCCCCCC. The van der Waals surface area contributed by atoms with Crippen molar-refractivity contribution in [2.45, 2.75) is 154 Å². The van der Waals surface area contributed by atoms with E-state index < -0.39 is 28.0 Å². The Morgan fingerprint density at radius 1 is 0.743 bits per heavy atom. The van der Waals surface area contributed by atoms with Crippen molar-refractivity contribution in [1.82, 2.24) is 5.32 Å². The van der Waals surface area contributed by atoms with Crippen molar-refractivity contribution >= 4 is 16.0 Å². The highest BCUT2D eigenvalue weighted by atomic mass is 32.2. The second-order valence-electron chi connectivity index (χ2n) is 10.0. The second-order valence-corrected chi connectivity index (χ2v) is 11.5. The van der Waals surface area contributed by atoms with Crippen LogP contribution in [0.1, 0.15) is 142 Å². The minimum absolute atomic E-state index is 0.263. The lowest BCUT2D eigenvalue weighted by Crippen LogP contribution is -2.47. The number of aliphatic hydroxyl groups excluding tert-OH is 1. The summed E-state index contributed by atoms with van der Waals surface area (Å²) in [5.41, 5.74) is 0. The number of hydrogen-bond acceptors (Lipinski definition) is 4. The first-order chi connectivity index (χ1) is 16.8. The van der Waals surface area contributed by atoms with E-state index in [-0.39, 0.29) is 5.91 Å². The van der Waals surface area contributed by atoms with Gasteiger partial charge in [0, 0.05) is 6.42 Å². The van der Waals surface area contributed by atoms with Crippen LogP contribution in [0.3, 0.4) is 0 Å². The topological polar surface area (TPSA) is 104 Å². The summed E-state index contributed by atoms with van der Waals surface area (Å²) in [6.45, 7) is 4.37. The number of allylic oxidation sites excluding steroid dienone is 2. The van der Waals surface area contributed by atoms with Gasteiger partial charge in [-0.25, -0.2) is 0 Å². The summed E-state index contributed by atoms with van der Waals surface area (Å²) in [4.78, 5) is 12.3. The third-order valence-corrected chi connectivity index (χ3v) is 7.25. The molecule has 0 aliphatic carbocycles. The highest BCUT2D eigenvalue weighted by Gasteiger charge is 2.25. The summed E-state index contributed by atoms with van der Waals surface area (Å²) >= 11 is 0. The summed E-state index contributed by atoms with van der Waals surface area (Å²) in [5, 5.41) is 13.0. The number of nitrogens with one attached hydrogen (secondary N) is 1. The Kier molecular flexibility index (Phi) is 22.9. The van der Waals surface area contributed by atoms with Crippen LogP contribution in [0.2, 0.25) is 0 Å². The van der Waals surface area contributed by atoms with Gasteiger partial charge in [0.2, 0.25) is 5.91 Å². The van der Waals surface area contributed by atoms with Gasteiger partial charge in [0.25, 0.3) is 10.1 Å². The molecule has 2 unspecified atom stereocenters. The Balaban J connectivity index is 3.93. The van der Waals surface area contributed by atoms with Crippen molar-refractivity contribution in [3.63, 3.8) is 0 Å². The smallest absolute Gasteiger partial charge is 0.266 e. The van der Waals surface area contributed by atoms with E-state index in [2.05, 4.69) is 31.3 Å². The fraction of sp³-hybridized carbons (Fsp3) is 0.893. The summed E-state index contributed by atoms with van der Waals surface area (Å²) in [7, 11) is -4.28. The minimum atomic E-state index is -4.28. The average Bonchev–Trinajstić information content (AvgIpc) is 2.80. The van der Waals surface area contributed by atoms with Gasteiger partial charge in [0.05, 0.1) is 17.9 Å². The Morgan fingerprint density at radius 3 is 1.71 bits per heavy atom. The summed E-state index contributed by atoms with van der Waals surface area (Å²) < 4.78 is 31.9. The molecule has 0 aromatic rings. The second kappa shape index (κ2) is 23.5. The zero-order valence-electron chi connectivity index (χ0n) is 22.7. The van der Waals surface area contributed by atoms with Gasteiger partial charge < -0.3 is 10.4 Å². The van der Waals surface area contributed by atoms with Crippen molar-refractivity contribution in [3.8, 4) is 0 Å². The highest BCUT2D eigenvalue weighted by Crippen LogP contribution is 2.13. The first-order valence-corrected chi connectivity index (χ1v) is 16.0. The predicted molar refractivity (Wildman–Crippen MR) is 147 cm³/mol. The largest absolute Gasteiger partial charge is 0.391 e. The molecule has 0 heterocycles. The molecule has 3 N–H and O–H groups in total. The van der Waals surface area contributed by atoms with Gasteiger partial charge in [-0.1, -0.05) is 109 Å². The lowest BCUT2D eigenvalue weighted by Gasteiger charge is -2.23. The van der Waals surface area contributed by atoms with Crippen LogP contribution in [-0.4, -0.2) is 41.9 Å². The van der Waals surface area contributed by atoms with E-state index in [0.717, 1.165) is 64.2 Å². The number of carbonyl (C=O) groups excluding carboxylic acids is 1. The third-order valence-electron chi connectivity index (χ3n) is 6.47. The summed E-state index contributed by atoms with van der Waals surface area (Å²) in [5.74, 6) is -0.914. The lowest BCUT2D eigenvalue weighted by molar-refractivity contribution is -0.122. The normalized spacial score (nSPS) is 13.8. The van der Waals surface area contributed by atoms with E-state index in [4.69, 9.17) is 0 Å².